The van der Waals surface area contributed by atoms with E-state index >= 15 is 0 Å². The number of hydrogen-bond acceptors (Lipinski definition) is 2. The first-order chi connectivity index (χ1) is 8.27. The number of rotatable bonds is 4. The van der Waals surface area contributed by atoms with Gasteiger partial charge in [0.05, 0.1) is 18.2 Å². The number of nitrogens with zero attached hydrogens (tertiary/aromatic N) is 2. The van der Waals surface area contributed by atoms with Crippen molar-refractivity contribution >= 4 is 0 Å². The van der Waals surface area contributed by atoms with Crippen molar-refractivity contribution in [1.82, 2.24) is 14.9 Å². The van der Waals surface area contributed by atoms with E-state index in [1.54, 1.807) is 0 Å². The van der Waals surface area contributed by atoms with E-state index in [2.05, 4.69) is 53.0 Å². The van der Waals surface area contributed by atoms with E-state index in [4.69, 9.17) is 0 Å². The first-order valence-electron chi connectivity index (χ1n) is 6.04. The Bertz CT molecular complexity index is 488. The summed E-state index contributed by atoms with van der Waals surface area (Å²) in [5, 5.41) is 3.29. The summed E-state index contributed by atoms with van der Waals surface area (Å²) >= 11 is 0. The highest BCUT2D eigenvalue weighted by Crippen LogP contribution is 2.27. The molecule has 0 bridgehead atoms. The van der Waals surface area contributed by atoms with Gasteiger partial charge in [0, 0.05) is 18.2 Å². The van der Waals surface area contributed by atoms with Crippen LogP contribution in [0.25, 0.3) is 11.3 Å². The Morgan fingerprint density at radius 3 is 2.82 bits per heavy atom. The molecule has 2 rings (SSSR count). The fourth-order valence-corrected chi connectivity index (χ4v) is 2.06. The van der Waals surface area contributed by atoms with E-state index in [9.17, 15) is 0 Å². The third kappa shape index (κ3) is 2.24. The molecule has 0 radical (unpaired) electrons. The van der Waals surface area contributed by atoms with Crippen molar-refractivity contribution in [3.8, 4) is 11.3 Å². The van der Waals surface area contributed by atoms with Crippen LogP contribution in [-0.4, -0.2) is 16.6 Å². The molecule has 3 nitrogen and oxygen atoms in total. The number of hydrogen-bond donors (Lipinski definition) is 1. The van der Waals surface area contributed by atoms with Crippen molar-refractivity contribution < 1.29 is 0 Å². The molecule has 3 heteroatoms. The summed E-state index contributed by atoms with van der Waals surface area (Å²) in [5.41, 5.74) is 3.75. The second-order valence-electron chi connectivity index (χ2n) is 4.16. The highest BCUT2D eigenvalue weighted by Gasteiger charge is 2.12. The highest BCUT2D eigenvalue weighted by atomic mass is 15.0. The molecule has 0 fully saturated rings. The van der Waals surface area contributed by atoms with E-state index in [0.29, 0.717) is 6.04 Å². The minimum atomic E-state index is 0.339. The molecule has 1 heterocycles. The summed E-state index contributed by atoms with van der Waals surface area (Å²) in [4.78, 5) is 4.24. The van der Waals surface area contributed by atoms with Gasteiger partial charge >= 0.3 is 0 Å². The molecule has 1 atom stereocenters. The first kappa shape index (κ1) is 11.9. The zero-order valence-electron chi connectivity index (χ0n) is 10.6. The standard InChI is InChI=1S/C14H19N3/c1-4-17-10-16-9-14(17)13-8-6-5-7-12(13)11(2)15-3/h5-11,15H,4H2,1-3H3. The molecular formula is C14H19N3. The number of imidazole rings is 1. The maximum atomic E-state index is 4.24. The van der Waals surface area contributed by atoms with Crippen molar-refractivity contribution in [1.29, 1.82) is 0 Å². The lowest BCUT2D eigenvalue weighted by molar-refractivity contribution is 0.652. The lowest BCUT2D eigenvalue weighted by Gasteiger charge is -2.16. The van der Waals surface area contributed by atoms with E-state index in [1.807, 2.05) is 19.6 Å². The monoisotopic (exact) mass is 229 g/mol. The van der Waals surface area contributed by atoms with Gasteiger partial charge in [0.25, 0.3) is 0 Å². The molecule has 0 aliphatic heterocycles. The van der Waals surface area contributed by atoms with Gasteiger partial charge in [0.15, 0.2) is 0 Å². The second-order valence-corrected chi connectivity index (χ2v) is 4.16. The summed E-state index contributed by atoms with van der Waals surface area (Å²) in [6.07, 6.45) is 3.82. The van der Waals surface area contributed by atoms with Gasteiger partial charge in [-0.1, -0.05) is 24.3 Å². The van der Waals surface area contributed by atoms with Gasteiger partial charge in [0.1, 0.15) is 0 Å². The van der Waals surface area contributed by atoms with Crippen LogP contribution in [0.3, 0.4) is 0 Å². The Balaban J connectivity index is 2.52. The molecule has 1 aromatic heterocycles. The molecule has 0 amide bonds. The largest absolute Gasteiger partial charge is 0.331 e. The van der Waals surface area contributed by atoms with Gasteiger partial charge in [-0.05, 0) is 26.5 Å². The van der Waals surface area contributed by atoms with Crippen LogP contribution < -0.4 is 5.32 Å². The van der Waals surface area contributed by atoms with Crippen LogP contribution in [-0.2, 0) is 6.54 Å². The molecule has 0 saturated carbocycles. The van der Waals surface area contributed by atoms with E-state index in [-0.39, 0.29) is 0 Å². The quantitative estimate of drug-likeness (QED) is 0.873. The smallest absolute Gasteiger partial charge is 0.0950 e. The van der Waals surface area contributed by atoms with Crippen molar-refractivity contribution in [2.24, 2.45) is 0 Å². The molecule has 90 valence electrons. The summed E-state index contributed by atoms with van der Waals surface area (Å²) in [5.74, 6) is 0. The van der Waals surface area contributed by atoms with Crippen LogP contribution in [0.5, 0.6) is 0 Å². The molecule has 0 spiro atoms. The van der Waals surface area contributed by atoms with E-state index in [0.717, 1.165) is 6.54 Å². The van der Waals surface area contributed by atoms with Crippen LogP contribution in [0.15, 0.2) is 36.8 Å². The summed E-state index contributed by atoms with van der Waals surface area (Å²) in [6, 6.07) is 8.83. The minimum absolute atomic E-state index is 0.339. The number of aryl methyl sites for hydroxylation is 1. The third-order valence-electron chi connectivity index (χ3n) is 3.19. The molecule has 1 N–H and O–H groups in total. The lowest BCUT2D eigenvalue weighted by atomic mass is 9.99. The van der Waals surface area contributed by atoms with Crippen LogP contribution in [0, 0.1) is 0 Å². The topological polar surface area (TPSA) is 29.9 Å². The van der Waals surface area contributed by atoms with Gasteiger partial charge in [0.2, 0.25) is 0 Å². The SMILES string of the molecule is CCn1cncc1-c1ccccc1C(C)NC. The Morgan fingerprint density at radius 2 is 2.12 bits per heavy atom. The van der Waals surface area contributed by atoms with E-state index in [1.165, 1.54) is 16.8 Å². The molecule has 1 unspecified atom stereocenters. The summed E-state index contributed by atoms with van der Waals surface area (Å²) in [6.45, 7) is 5.25. The molecule has 0 aliphatic carbocycles. The van der Waals surface area contributed by atoms with Gasteiger partial charge in [-0.2, -0.15) is 0 Å². The number of benzene rings is 1. The molecule has 0 saturated heterocycles. The van der Waals surface area contributed by atoms with Crippen molar-refractivity contribution in [2.75, 3.05) is 7.05 Å². The lowest BCUT2D eigenvalue weighted by Crippen LogP contribution is -2.13. The van der Waals surface area contributed by atoms with Crippen LogP contribution in [0.1, 0.15) is 25.5 Å². The van der Waals surface area contributed by atoms with Crippen LogP contribution in [0.4, 0.5) is 0 Å². The van der Waals surface area contributed by atoms with Crippen LogP contribution in [0.2, 0.25) is 0 Å². The molecule has 1 aromatic carbocycles. The highest BCUT2D eigenvalue weighted by molar-refractivity contribution is 5.64. The number of nitrogens with one attached hydrogen (secondary N) is 1. The average molecular weight is 229 g/mol. The zero-order valence-corrected chi connectivity index (χ0v) is 10.6. The Hall–Kier alpha value is -1.61. The first-order valence-corrected chi connectivity index (χ1v) is 6.04. The number of aromatic nitrogens is 2. The van der Waals surface area contributed by atoms with Crippen molar-refractivity contribution in [3.63, 3.8) is 0 Å². The van der Waals surface area contributed by atoms with Gasteiger partial charge in [-0.25, -0.2) is 4.98 Å². The minimum Gasteiger partial charge on any atom is -0.331 e. The summed E-state index contributed by atoms with van der Waals surface area (Å²) < 4.78 is 2.17. The molecule has 0 aliphatic rings. The molecular weight excluding hydrogens is 210 g/mol. The fourth-order valence-electron chi connectivity index (χ4n) is 2.06. The fraction of sp³-hybridized carbons (Fsp3) is 0.357. The average Bonchev–Trinajstić information content (AvgIpc) is 2.86. The predicted molar refractivity (Wildman–Crippen MR) is 70.8 cm³/mol. The Morgan fingerprint density at radius 1 is 1.35 bits per heavy atom. The third-order valence-corrected chi connectivity index (χ3v) is 3.19. The normalized spacial score (nSPS) is 12.6. The second kappa shape index (κ2) is 5.15. The van der Waals surface area contributed by atoms with Crippen molar-refractivity contribution in [2.45, 2.75) is 26.4 Å². The Labute approximate surface area is 103 Å². The van der Waals surface area contributed by atoms with Gasteiger partial charge in [-0.3, -0.25) is 0 Å². The maximum Gasteiger partial charge on any atom is 0.0950 e. The maximum absolute atomic E-state index is 4.24. The molecule has 2 aromatic rings. The van der Waals surface area contributed by atoms with Crippen molar-refractivity contribution in [3.05, 3.63) is 42.4 Å². The van der Waals surface area contributed by atoms with Crippen LogP contribution >= 0.6 is 0 Å². The van der Waals surface area contributed by atoms with Gasteiger partial charge < -0.3 is 9.88 Å². The predicted octanol–water partition coefficient (Wildman–Crippen LogP) is 2.85. The molecule has 17 heavy (non-hydrogen) atoms. The van der Waals surface area contributed by atoms with Gasteiger partial charge in [-0.15, -0.1) is 0 Å². The Kier molecular flexibility index (Phi) is 3.59. The van der Waals surface area contributed by atoms with E-state index < -0.39 is 0 Å². The zero-order chi connectivity index (χ0) is 12.3. The summed E-state index contributed by atoms with van der Waals surface area (Å²) in [7, 11) is 1.98.